The smallest absolute Gasteiger partial charge is 0.0220 e. The van der Waals surface area contributed by atoms with Gasteiger partial charge < -0.3 is 15.1 Å². The van der Waals surface area contributed by atoms with E-state index >= 15 is 0 Å². The maximum Gasteiger partial charge on any atom is 0.0220 e. The molecule has 2 unspecified atom stereocenters. The zero-order chi connectivity index (χ0) is 11.3. The van der Waals surface area contributed by atoms with E-state index < -0.39 is 0 Å². The minimum absolute atomic E-state index is 0.743. The molecule has 0 radical (unpaired) electrons. The molecule has 0 aromatic rings. The van der Waals surface area contributed by atoms with Crippen LogP contribution in [0.1, 0.15) is 19.8 Å². The fourth-order valence-corrected chi connectivity index (χ4v) is 2.55. The molecule has 0 spiro atoms. The summed E-state index contributed by atoms with van der Waals surface area (Å²) in [5.74, 6) is 0.743. The Balaban J connectivity index is 2.28. The van der Waals surface area contributed by atoms with Crippen LogP contribution in [0.5, 0.6) is 0 Å². The third-order valence-electron chi connectivity index (χ3n) is 3.38. The maximum absolute atomic E-state index is 3.25. The molecule has 0 amide bonds. The van der Waals surface area contributed by atoms with Crippen molar-refractivity contribution in [3.05, 3.63) is 0 Å². The van der Waals surface area contributed by atoms with Crippen molar-refractivity contribution in [3.63, 3.8) is 0 Å². The Labute approximate surface area is 94.8 Å². The van der Waals surface area contributed by atoms with Crippen LogP contribution in [0, 0.1) is 5.92 Å². The molecule has 0 saturated carbocycles. The molecule has 1 fully saturated rings. The van der Waals surface area contributed by atoms with Gasteiger partial charge in [0.2, 0.25) is 0 Å². The lowest BCUT2D eigenvalue weighted by Crippen LogP contribution is -2.46. The Morgan fingerprint density at radius 1 is 1.53 bits per heavy atom. The molecule has 0 aromatic carbocycles. The van der Waals surface area contributed by atoms with E-state index in [0.717, 1.165) is 18.5 Å². The number of hydrogen-bond acceptors (Lipinski definition) is 3. The Hall–Kier alpha value is -0.120. The van der Waals surface area contributed by atoms with Gasteiger partial charge in [0.15, 0.2) is 0 Å². The topological polar surface area (TPSA) is 18.5 Å². The van der Waals surface area contributed by atoms with E-state index in [-0.39, 0.29) is 0 Å². The third kappa shape index (κ3) is 4.49. The summed E-state index contributed by atoms with van der Waals surface area (Å²) in [5, 5.41) is 3.25. The zero-order valence-corrected chi connectivity index (χ0v) is 10.8. The Morgan fingerprint density at radius 2 is 2.27 bits per heavy atom. The van der Waals surface area contributed by atoms with Crippen molar-refractivity contribution < 1.29 is 0 Å². The Bertz CT molecular complexity index is 172. The summed E-state index contributed by atoms with van der Waals surface area (Å²) in [5.41, 5.74) is 0. The lowest BCUT2D eigenvalue weighted by molar-refractivity contribution is 0.122. The van der Waals surface area contributed by atoms with Crippen molar-refractivity contribution in [1.82, 2.24) is 15.1 Å². The lowest BCUT2D eigenvalue weighted by atomic mass is 10.0. The maximum atomic E-state index is 3.25. The van der Waals surface area contributed by atoms with Gasteiger partial charge in [-0.15, -0.1) is 0 Å². The van der Waals surface area contributed by atoms with Crippen molar-refractivity contribution in [3.8, 4) is 0 Å². The van der Waals surface area contributed by atoms with Crippen LogP contribution in [-0.2, 0) is 0 Å². The SMILES string of the molecule is CNCC(C)CN(C)C1CCCN(C)C1. The average molecular weight is 213 g/mol. The summed E-state index contributed by atoms with van der Waals surface area (Å²) in [6.45, 7) is 7.16. The number of likely N-dealkylation sites (tertiary alicyclic amines) is 1. The number of likely N-dealkylation sites (N-methyl/N-ethyl adjacent to an activating group) is 2. The molecule has 1 saturated heterocycles. The van der Waals surface area contributed by atoms with E-state index in [9.17, 15) is 0 Å². The average Bonchev–Trinajstić information content (AvgIpc) is 2.18. The van der Waals surface area contributed by atoms with Crippen molar-refractivity contribution >= 4 is 0 Å². The van der Waals surface area contributed by atoms with Crippen molar-refractivity contribution in [1.29, 1.82) is 0 Å². The van der Waals surface area contributed by atoms with Gasteiger partial charge in [-0.1, -0.05) is 6.92 Å². The van der Waals surface area contributed by atoms with Crippen LogP contribution in [0.15, 0.2) is 0 Å². The molecule has 90 valence electrons. The highest BCUT2D eigenvalue weighted by atomic mass is 15.2. The zero-order valence-electron chi connectivity index (χ0n) is 10.8. The predicted octanol–water partition coefficient (Wildman–Crippen LogP) is 0.868. The summed E-state index contributed by atoms with van der Waals surface area (Å²) in [7, 11) is 6.54. The van der Waals surface area contributed by atoms with Crippen molar-refractivity contribution in [2.45, 2.75) is 25.8 Å². The van der Waals surface area contributed by atoms with E-state index in [4.69, 9.17) is 0 Å². The standard InChI is InChI=1S/C12H27N3/c1-11(8-13-2)9-15(4)12-6-5-7-14(3)10-12/h11-13H,5-10H2,1-4H3. The summed E-state index contributed by atoms with van der Waals surface area (Å²) < 4.78 is 0. The van der Waals surface area contributed by atoms with Crippen LogP contribution < -0.4 is 5.32 Å². The highest BCUT2D eigenvalue weighted by molar-refractivity contribution is 4.78. The van der Waals surface area contributed by atoms with Crippen LogP contribution in [0.25, 0.3) is 0 Å². The van der Waals surface area contributed by atoms with Gasteiger partial charge in [0, 0.05) is 19.1 Å². The highest BCUT2D eigenvalue weighted by Crippen LogP contribution is 2.14. The number of piperidine rings is 1. The fourth-order valence-electron chi connectivity index (χ4n) is 2.55. The van der Waals surface area contributed by atoms with Gasteiger partial charge >= 0.3 is 0 Å². The number of nitrogens with one attached hydrogen (secondary N) is 1. The molecule has 1 rings (SSSR count). The number of hydrogen-bond donors (Lipinski definition) is 1. The third-order valence-corrected chi connectivity index (χ3v) is 3.38. The summed E-state index contributed by atoms with van der Waals surface area (Å²) >= 11 is 0. The van der Waals surface area contributed by atoms with Gasteiger partial charge in [0.25, 0.3) is 0 Å². The molecular weight excluding hydrogens is 186 g/mol. The molecule has 2 atom stereocenters. The van der Waals surface area contributed by atoms with E-state index in [1.807, 2.05) is 7.05 Å². The van der Waals surface area contributed by atoms with Crippen LogP contribution >= 0.6 is 0 Å². The van der Waals surface area contributed by atoms with Gasteiger partial charge in [-0.25, -0.2) is 0 Å². The van der Waals surface area contributed by atoms with Gasteiger partial charge in [-0.2, -0.15) is 0 Å². The molecule has 3 heteroatoms. The summed E-state index contributed by atoms with van der Waals surface area (Å²) in [6.07, 6.45) is 2.72. The molecule has 0 bridgehead atoms. The second-order valence-corrected chi connectivity index (χ2v) is 5.16. The van der Waals surface area contributed by atoms with E-state index in [1.165, 1.54) is 32.5 Å². The second-order valence-electron chi connectivity index (χ2n) is 5.16. The molecule has 0 aliphatic carbocycles. The molecule has 1 N–H and O–H groups in total. The summed E-state index contributed by atoms with van der Waals surface area (Å²) in [6, 6.07) is 0.767. The minimum atomic E-state index is 0.743. The first-order chi connectivity index (χ1) is 7.13. The largest absolute Gasteiger partial charge is 0.319 e. The predicted molar refractivity (Wildman–Crippen MR) is 66.2 cm³/mol. The van der Waals surface area contributed by atoms with Gasteiger partial charge in [0.1, 0.15) is 0 Å². The quantitative estimate of drug-likeness (QED) is 0.731. The van der Waals surface area contributed by atoms with Gasteiger partial charge in [-0.05, 0) is 53.0 Å². The summed E-state index contributed by atoms with van der Waals surface area (Å²) in [4.78, 5) is 4.99. The van der Waals surface area contributed by atoms with E-state index in [1.54, 1.807) is 0 Å². The molecular formula is C12H27N3. The first kappa shape index (κ1) is 12.9. The molecule has 3 nitrogen and oxygen atoms in total. The van der Waals surface area contributed by atoms with Crippen molar-refractivity contribution in [2.75, 3.05) is 47.3 Å². The van der Waals surface area contributed by atoms with Crippen LogP contribution in [0.3, 0.4) is 0 Å². The number of nitrogens with zero attached hydrogens (tertiary/aromatic N) is 2. The molecule has 1 aliphatic rings. The minimum Gasteiger partial charge on any atom is -0.319 e. The normalized spacial score (nSPS) is 25.8. The number of rotatable bonds is 5. The highest BCUT2D eigenvalue weighted by Gasteiger charge is 2.21. The molecule has 15 heavy (non-hydrogen) atoms. The van der Waals surface area contributed by atoms with Crippen LogP contribution in [0.2, 0.25) is 0 Å². The molecule has 0 aromatic heterocycles. The molecule has 1 aliphatic heterocycles. The Morgan fingerprint density at radius 3 is 2.87 bits per heavy atom. The van der Waals surface area contributed by atoms with E-state index in [0.29, 0.717) is 0 Å². The monoisotopic (exact) mass is 213 g/mol. The lowest BCUT2D eigenvalue weighted by Gasteiger charge is -2.37. The van der Waals surface area contributed by atoms with Crippen LogP contribution in [-0.4, -0.2) is 63.2 Å². The first-order valence-electron chi connectivity index (χ1n) is 6.17. The Kier molecular flexibility index (Phi) is 5.58. The molecule has 1 heterocycles. The van der Waals surface area contributed by atoms with Gasteiger partial charge in [-0.3, -0.25) is 0 Å². The van der Waals surface area contributed by atoms with E-state index in [2.05, 4.69) is 36.1 Å². The van der Waals surface area contributed by atoms with Gasteiger partial charge in [0.05, 0.1) is 0 Å². The fraction of sp³-hybridized carbons (Fsp3) is 1.00. The van der Waals surface area contributed by atoms with Crippen molar-refractivity contribution in [2.24, 2.45) is 5.92 Å². The second kappa shape index (κ2) is 6.46. The van der Waals surface area contributed by atoms with Crippen LogP contribution in [0.4, 0.5) is 0 Å². The first-order valence-corrected chi connectivity index (χ1v) is 6.17.